The van der Waals surface area contributed by atoms with Gasteiger partial charge in [0, 0.05) is 18.5 Å². The highest BCUT2D eigenvalue weighted by atomic mass is 32.1. The lowest BCUT2D eigenvalue weighted by molar-refractivity contribution is 0.0730. The van der Waals surface area contributed by atoms with E-state index in [1.54, 1.807) is 0 Å². The van der Waals surface area contributed by atoms with Crippen LogP contribution in [0, 0.1) is 11.3 Å². The number of nitriles is 1. The molecule has 24 heavy (non-hydrogen) atoms. The first-order valence-electron chi connectivity index (χ1n) is 8.16. The fourth-order valence-corrected chi connectivity index (χ4v) is 4.38. The number of carbonyl (C=O) groups is 1. The summed E-state index contributed by atoms with van der Waals surface area (Å²) in [7, 11) is 0. The van der Waals surface area contributed by atoms with Crippen molar-refractivity contribution in [3.05, 3.63) is 16.0 Å². The zero-order valence-electron chi connectivity index (χ0n) is 13.9. The molecule has 0 aliphatic carbocycles. The molecule has 0 aromatic carbocycles. The van der Waals surface area contributed by atoms with Gasteiger partial charge in [-0.15, -0.1) is 11.3 Å². The van der Waals surface area contributed by atoms with Gasteiger partial charge in [0.1, 0.15) is 21.6 Å². The molecule has 0 atom stereocenters. The van der Waals surface area contributed by atoms with Crippen LogP contribution in [0.2, 0.25) is 0 Å². The standard InChI is InChI=1S/C17H21N5OS/c1-9(2)11-10(8-18)15(20)21-16-12(11)13(19)14(24-16)17(23)22-6-4-3-5-7-22/h9H,3-7,19H2,1-2H3,(H2,20,21). The van der Waals surface area contributed by atoms with E-state index in [1.165, 1.54) is 11.3 Å². The van der Waals surface area contributed by atoms with E-state index < -0.39 is 0 Å². The molecule has 126 valence electrons. The van der Waals surface area contributed by atoms with Crippen LogP contribution in [0.5, 0.6) is 0 Å². The molecule has 0 spiro atoms. The molecule has 2 aromatic rings. The number of aromatic nitrogens is 1. The number of amides is 1. The smallest absolute Gasteiger partial charge is 0.266 e. The van der Waals surface area contributed by atoms with Crippen molar-refractivity contribution in [2.45, 2.75) is 39.0 Å². The SMILES string of the molecule is CC(C)c1c(C#N)c(N)nc2sc(C(=O)N3CCCCC3)c(N)c12. The van der Waals surface area contributed by atoms with Gasteiger partial charge < -0.3 is 16.4 Å². The molecular weight excluding hydrogens is 322 g/mol. The third kappa shape index (κ3) is 2.57. The third-order valence-electron chi connectivity index (χ3n) is 4.47. The van der Waals surface area contributed by atoms with E-state index in [2.05, 4.69) is 11.1 Å². The molecular formula is C17H21N5OS. The molecule has 6 nitrogen and oxygen atoms in total. The Kier molecular flexibility index (Phi) is 4.33. The van der Waals surface area contributed by atoms with E-state index >= 15 is 0 Å². The molecule has 1 aliphatic rings. The Morgan fingerprint density at radius 3 is 2.54 bits per heavy atom. The van der Waals surface area contributed by atoms with Crippen molar-refractivity contribution in [3.8, 4) is 6.07 Å². The summed E-state index contributed by atoms with van der Waals surface area (Å²) in [5.41, 5.74) is 13.9. The summed E-state index contributed by atoms with van der Waals surface area (Å²) < 4.78 is 0. The molecule has 0 radical (unpaired) electrons. The first kappa shape index (κ1) is 16.5. The van der Waals surface area contributed by atoms with Crippen LogP contribution in [0.15, 0.2) is 0 Å². The van der Waals surface area contributed by atoms with Gasteiger partial charge in [-0.05, 0) is 30.7 Å². The number of pyridine rings is 1. The number of likely N-dealkylation sites (tertiary alicyclic amines) is 1. The van der Waals surface area contributed by atoms with Gasteiger partial charge in [0.2, 0.25) is 0 Å². The molecule has 1 saturated heterocycles. The van der Waals surface area contributed by atoms with Crippen LogP contribution in [0.3, 0.4) is 0 Å². The lowest BCUT2D eigenvalue weighted by Crippen LogP contribution is -2.35. The van der Waals surface area contributed by atoms with E-state index in [9.17, 15) is 10.1 Å². The van der Waals surface area contributed by atoms with Crippen LogP contribution < -0.4 is 11.5 Å². The van der Waals surface area contributed by atoms with Crippen molar-refractivity contribution >= 4 is 39.0 Å². The van der Waals surface area contributed by atoms with E-state index in [0.29, 0.717) is 26.3 Å². The second-order valence-corrected chi connectivity index (χ2v) is 7.43. The monoisotopic (exact) mass is 343 g/mol. The maximum Gasteiger partial charge on any atom is 0.266 e. The first-order valence-corrected chi connectivity index (χ1v) is 8.98. The van der Waals surface area contributed by atoms with E-state index in [1.807, 2.05) is 18.7 Å². The summed E-state index contributed by atoms with van der Waals surface area (Å²) in [6.07, 6.45) is 3.21. The summed E-state index contributed by atoms with van der Waals surface area (Å²) in [5, 5.41) is 10.1. The van der Waals surface area contributed by atoms with Gasteiger partial charge >= 0.3 is 0 Å². The van der Waals surface area contributed by atoms with E-state index in [0.717, 1.165) is 37.9 Å². The lowest BCUT2D eigenvalue weighted by Gasteiger charge is -2.26. The number of thiophene rings is 1. The number of nitrogens with two attached hydrogens (primary N) is 2. The summed E-state index contributed by atoms with van der Waals surface area (Å²) in [6.45, 7) is 5.50. The Morgan fingerprint density at radius 1 is 1.29 bits per heavy atom. The van der Waals surface area contributed by atoms with Crippen LogP contribution >= 0.6 is 11.3 Å². The Labute approximate surface area is 145 Å². The molecule has 4 N–H and O–H groups in total. The minimum absolute atomic E-state index is 0.0398. The van der Waals surface area contributed by atoms with Crippen molar-refractivity contribution in [2.75, 3.05) is 24.6 Å². The summed E-state index contributed by atoms with van der Waals surface area (Å²) in [4.78, 5) is 20.2. The molecule has 3 rings (SSSR count). The number of rotatable bonds is 2. The highest BCUT2D eigenvalue weighted by molar-refractivity contribution is 7.21. The number of carbonyl (C=O) groups excluding carboxylic acids is 1. The number of hydrogen-bond acceptors (Lipinski definition) is 6. The molecule has 3 heterocycles. The molecule has 0 saturated carbocycles. The van der Waals surface area contributed by atoms with Crippen molar-refractivity contribution in [2.24, 2.45) is 0 Å². The summed E-state index contributed by atoms with van der Waals surface area (Å²) in [6, 6.07) is 2.13. The fourth-order valence-electron chi connectivity index (χ4n) is 3.29. The van der Waals surface area contributed by atoms with Gasteiger partial charge in [0.05, 0.1) is 11.3 Å². The predicted molar refractivity (Wildman–Crippen MR) is 97.0 cm³/mol. The topological polar surface area (TPSA) is 109 Å². The molecule has 7 heteroatoms. The minimum atomic E-state index is -0.0398. The van der Waals surface area contributed by atoms with E-state index in [4.69, 9.17) is 11.5 Å². The third-order valence-corrected chi connectivity index (χ3v) is 5.56. The van der Waals surface area contributed by atoms with Crippen LogP contribution in [-0.2, 0) is 0 Å². The number of hydrogen-bond donors (Lipinski definition) is 2. The summed E-state index contributed by atoms with van der Waals surface area (Å²) in [5.74, 6) is 0.219. The maximum absolute atomic E-state index is 12.8. The van der Waals surface area contributed by atoms with E-state index in [-0.39, 0.29) is 17.6 Å². The molecule has 1 aliphatic heterocycles. The minimum Gasteiger partial charge on any atom is -0.397 e. The van der Waals surface area contributed by atoms with Crippen LogP contribution in [0.4, 0.5) is 11.5 Å². The second kappa shape index (κ2) is 6.29. The van der Waals surface area contributed by atoms with Gasteiger partial charge in [-0.1, -0.05) is 13.8 Å². The normalized spacial score (nSPS) is 15.0. The Morgan fingerprint density at radius 2 is 1.96 bits per heavy atom. The van der Waals surface area contributed by atoms with Gasteiger partial charge in [-0.3, -0.25) is 4.79 Å². The lowest BCUT2D eigenvalue weighted by atomic mass is 9.95. The quantitative estimate of drug-likeness (QED) is 0.871. The molecule has 2 aromatic heterocycles. The predicted octanol–water partition coefficient (Wildman–Crippen LogP) is 3.08. The highest BCUT2D eigenvalue weighted by Crippen LogP contribution is 2.41. The largest absolute Gasteiger partial charge is 0.397 e. The highest BCUT2D eigenvalue weighted by Gasteiger charge is 2.27. The van der Waals surface area contributed by atoms with Gasteiger partial charge in [-0.2, -0.15) is 5.26 Å². The number of fused-ring (bicyclic) bond motifs is 1. The maximum atomic E-state index is 12.8. The van der Waals surface area contributed by atoms with Gasteiger partial charge in [0.25, 0.3) is 5.91 Å². The van der Waals surface area contributed by atoms with Crippen LogP contribution in [-0.4, -0.2) is 28.9 Å². The van der Waals surface area contributed by atoms with Crippen LogP contribution in [0.25, 0.3) is 10.2 Å². The van der Waals surface area contributed by atoms with Crippen molar-refractivity contribution < 1.29 is 4.79 Å². The van der Waals surface area contributed by atoms with Crippen LogP contribution in [0.1, 0.15) is 59.8 Å². The van der Waals surface area contributed by atoms with Gasteiger partial charge in [-0.25, -0.2) is 4.98 Å². The fraction of sp³-hybridized carbons (Fsp3) is 0.471. The number of nitrogens with zero attached hydrogens (tertiary/aromatic N) is 3. The zero-order valence-corrected chi connectivity index (χ0v) is 14.7. The Bertz CT molecular complexity index is 843. The number of anilines is 2. The average molecular weight is 343 g/mol. The average Bonchev–Trinajstić information content (AvgIpc) is 2.89. The van der Waals surface area contributed by atoms with Gasteiger partial charge in [0.15, 0.2) is 0 Å². The summed E-state index contributed by atoms with van der Waals surface area (Å²) >= 11 is 1.27. The second-order valence-electron chi connectivity index (χ2n) is 6.43. The molecule has 0 bridgehead atoms. The number of piperidine rings is 1. The molecule has 0 unspecified atom stereocenters. The Hall–Kier alpha value is -2.33. The number of nitrogen functional groups attached to an aromatic ring is 2. The van der Waals surface area contributed by atoms with Crippen molar-refractivity contribution in [3.63, 3.8) is 0 Å². The molecule has 1 amide bonds. The zero-order chi connectivity index (χ0) is 17.4. The molecule has 1 fully saturated rings. The Balaban J connectivity index is 2.19. The van der Waals surface area contributed by atoms with Crippen molar-refractivity contribution in [1.29, 1.82) is 5.26 Å². The van der Waals surface area contributed by atoms with Crippen molar-refractivity contribution in [1.82, 2.24) is 9.88 Å². The first-order chi connectivity index (χ1) is 11.5.